The average molecular weight is 567 g/mol. The van der Waals surface area contributed by atoms with Gasteiger partial charge < -0.3 is 4.90 Å². The van der Waals surface area contributed by atoms with Gasteiger partial charge in [0.25, 0.3) is 0 Å². The van der Waals surface area contributed by atoms with Crippen LogP contribution in [0.3, 0.4) is 0 Å². The van der Waals surface area contributed by atoms with Crippen LogP contribution in [0.25, 0.3) is 5.57 Å². The van der Waals surface area contributed by atoms with Crippen molar-refractivity contribution in [1.82, 2.24) is 24.4 Å². The number of aryl methyl sites for hydroxylation is 1. The number of benzene rings is 1. The number of alkyl halides is 2. The normalized spacial score (nSPS) is 20.1. The second-order valence-electron chi connectivity index (χ2n) is 9.01. The van der Waals surface area contributed by atoms with Crippen LogP contribution in [0.2, 0.25) is 5.02 Å². The lowest BCUT2D eigenvalue weighted by Crippen LogP contribution is -2.40. The van der Waals surface area contributed by atoms with Gasteiger partial charge in [-0.2, -0.15) is 13.9 Å². The molecule has 0 unspecified atom stereocenters. The fourth-order valence-corrected chi connectivity index (χ4v) is 7.08. The molecule has 1 fully saturated rings. The molecular formula is C24H25ClF2N6O2S2. The number of fused-ring (bicyclic) bond motifs is 1. The Morgan fingerprint density at radius 1 is 1.32 bits per heavy atom. The van der Waals surface area contributed by atoms with Crippen LogP contribution in [-0.2, 0) is 10.0 Å². The molecule has 0 radical (unpaired) electrons. The van der Waals surface area contributed by atoms with Crippen molar-refractivity contribution in [1.29, 1.82) is 0 Å². The van der Waals surface area contributed by atoms with E-state index in [0.29, 0.717) is 56.6 Å². The average Bonchev–Trinajstić information content (AvgIpc) is 3.58. The zero-order chi connectivity index (χ0) is 26.3. The third-order valence-corrected chi connectivity index (χ3v) is 9.00. The van der Waals surface area contributed by atoms with Crippen LogP contribution in [0.5, 0.6) is 0 Å². The molecule has 0 spiro atoms. The number of nitrogens with zero attached hydrogens (tertiary/aromatic N) is 5. The van der Waals surface area contributed by atoms with Crippen molar-refractivity contribution >= 4 is 44.4 Å². The van der Waals surface area contributed by atoms with E-state index in [1.165, 1.54) is 23.7 Å². The van der Waals surface area contributed by atoms with E-state index in [1.54, 1.807) is 6.20 Å². The second-order valence-corrected chi connectivity index (χ2v) is 12.2. The molecular weight excluding hydrogens is 542 g/mol. The molecule has 1 aromatic carbocycles. The van der Waals surface area contributed by atoms with Gasteiger partial charge in [-0.15, -0.1) is 11.3 Å². The van der Waals surface area contributed by atoms with Gasteiger partial charge in [-0.05, 0) is 30.5 Å². The number of hydrogen-bond acceptors (Lipinski definition) is 7. The number of sulfonamides is 1. The zero-order valence-electron chi connectivity index (χ0n) is 20.1. The maximum atomic E-state index is 13.5. The number of hydrogen-bond donors (Lipinski definition) is 1. The number of thiazole rings is 1. The predicted molar refractivity (Wildman–Crippen MR) is 140 cm³/mol. The van der Waals surface area contributed by atoms with Gasteiger partial charge in [0, 0.05) is 58.6 Å². The maximum Gasteiger partial charge on any atom is 0.333 e. The minimum atomic E-state index is -3.48. The predicted octanol–water partition coefficient (Wildman–Crippen LogP) is 5.01. The zero-order valence-corrected chi connectivity index (χ0v) is 22.5. The molecule has 0 saturated carbocycles. The molecule has 0 amide bonds. The summed E-state index contributed by atoms with van der Waals surface area (Å²) >= 11 is 8.10. The van der Waals surface area contributed by atoms with Gasteiger partial charge in [-0.3, -0.25) is 4.99 Å². The third-order valence-electron chi connectivity index (χ3n) is 6.27. The fourth-order valence-electron chi connectivity index (χ4n) is 4.78. The second kappa shape index (κ2) is 10.2. The van der Waals surface area contributed by atoms with E-state index in [-0.39, 0.29) is 5.75 Å². The van der Waals surface area contributed by atoms with Gasteiger partial charge in [0.2, 0.25) is 10.0 Å². The number of amidine groups is 1. The Morgan fingerprint density at radius 3 is 2.78 bits per heavy atom. The first-order chi connectivity index (χ1) is 17.7. The van der Waals surface area contributed by atoms with Crippen molar-refractivity contribution in [2.75, 3.05) is 12.3 Å². The van der Waals surface area contributed by atoms with Crippen LogP contribution < -0.4 is 4.72 Å². The van der Waals surface area contributed by atoms with E-state index in [9.17, 15) is 17.2 Å². The van der Waals surface area contributed by atoms with Crippen LogP contribution >= 0.6 is 22.9 Å². The van der Waals surface area contributed by atoms with Gasteiger partial charge >= 0.3 is 6.55 Å². The highest BCUT2D eigenvalue weighted by molar-refractivity contribution is 7.89. The van der Waals surface area contributed by atoms with Gasteiger partial charge in [-0.1, -0.05) is 30.7 Å². The SMILES string of the molecule is CCCS(=O)(=O)N[C@H]1CC2=C(c3cnn(C(F)F)c3)[C@H](c3ccc(C)cc3Cl)N=C(c3nccs3)N2C1. The molecule has 4 heterocycles. The lowest BCUT2D eigenvalue weighted by molar-refractivity contribution is 0.0566. The Hall–Kier alpha value is -2.67. The smallest absolute Gasteiger partial charge is 0.326 e. The van der Waals surface area contributed by atoms with Crippen molar-refractivity contribution in [2.45, 2.75) is 45.3 Å². The van der Waals surface area contributed by atoms with E-state index in [2.05, 4.69) is 14.8 Å². The molecule has 196 valence electrons. The maximum absolute atomic E-state index is 13.5. The van der Waals surface area contributed by atoms with Crippen LogP contribution in [0.4, 0.5) is 8.78 Å². The molecule has 1 saturated heterocycles. The van der Waals surface area contributed by atoms with Crippen LogP contribution in [0.1, 0.15) is 54.1 Å². The number of nitrogens with one attached hydrogen (secondary N) is 1. The molecule has 2 atom stereocenters. The Morgan fingerprint density at radius 2 is 2.14 bits per heavy atom. The molecule has 0 bridgehead atoms. The van der Waals surface area contributed by atoms with Gasteiger partial charge in [0.15, 0.2) is 10.8 Å². The summed E-state index contributed by atoms with van der Waals surface area (Å²) in [4.78, 5) is 11.4. The highest BCUT2D eigenvalue weighted by Crippen LogP contribution is 2.46. The fraction of sp³-hybridized carbons (Fsp3) is 0.375. The molecule has 37 heavy (non-hydrogen) atoms. The van der Waals surface area contributed by atoms with Crippen molar-refractivity contribution in [3.05, 3.63) is 74.6 Å². The van der Waals surface area contributed by atoms with E-state index in [4.69, 9.17) is 16.6 Å². The summed E-state index contributed by atoms with van der Waals surface area (Å²) in [6, 6.07) is 4.59. The molecule has 5 rings (SSSR count). The summed E-state index contributed by atoms with van der Waals surface area (Å²) in [6.45, 7) is 1.27. The van der Waals surface area contributed by atoms with E-state index >= 15 is 0 Å². The Labute approximate surface area is 222 Å². The molecule has 0 aliphatic carbocycles. The minimum Gasteiger partial charge on any atom is -0.326 e. The number of rotatable bonds is 8. The highest BCUT2D eigenvalue weighted by atomic mass is 35.5. The first-order valence-corrected chi connectivity index (χ1v) is 14.6. The van der Waals surface area contributed by atoms with Gasteiger partial charge in [0.1, 0.15) is 6.04 Å². The number of aromatic nitrogens is 3. The third kappa shape index (κ3) is 5.20. The van der Waals surface area contributed by atoms with E-state index in [0.717, 1.165) is 11.3 Å². The molecule has 2 aromatic heterocycles. The summed E-state index contributed by atoms with van der Waals surface area (Å²) in [7, 11) is -3.48. The minimum absolute atomic E-state index is 0.0194. The first-order valence-electron chi connectivity index (χ1n) is 11.7. The van der Waals surface area contributed by atoms with E-state index < -0.39 is 28.7 Å². The van der Waals surface area contributed by atoms with Gasteiger partial charge in [-0.25, -0.2) is 22.8 Å². The first kappa shape index (κ1) is 26.0. The van der Waals surface area contributed by atoms with Crippen molar-refractivity contribution < 1.29 is 17.2 Å². The molecule has 2 aliphatic heterocycles. The van der Waals surface area contributed by atoms with E-state index in [1.807, 2.05) is 42.3 Å². The lowest BCUT2D eigenvalue weighted by Gasteiger charge is -2.32. The largest absolute Gasteiger partial charge is 0.333 e. The van der Waals surface area contributed by atoms with Crippen molar-refractivity contribution in [3.8, 4) is 0 Å². The van der Waals surface area contributed by atoms with Crippen LogP contribution in [-0.4, -0.2) is 52.3 Å². The lowest BCUT2D eigenvalue weighted by atomic mass is 9.90. The summed E-state index contributed by atoms with van der Waals surface area (Å²) < 4.78 is 55.5. The Kier molecular flexibility index (Phi) is 7.18. The summed E-state index contributed by atoms with van der Waals surface area (Å²) in [5.74, 6) is 0.611. The summed E-state index contributed by atoms with van der Waals surface area (Å²) in [5, 5.41) is 6.86. The van der Waals surface area contributed by atoms with Crippen molar-refractivity contribution in [2.24, 2.45) is 4.99 Å². The monoisotopic (exact) mass is 566 g/mol. The molecule has 13 heteroatoms. The molecule has 2 aliphatic rings. The molecule has 1 N–H and O–H groups in total. The quantitative estimate of drug-likeness (QED) is 0.414. The van der Waals surface area contributed by atoms with Crippen LogP contribution in [0, 0.1) is 6.92 Å². The van der Waals surface area contributed by atoms with Crippen LogP contribution in [0.15, 0.2) is 52.9 Å². The highest BCUT2D eigenvalue weighted by Gasteiger charge is 2.41. The Balaban J connectivity index is 1.68. The topological polar surface area (TPSA) is 92.5 Å². The summed E-state index contributed by atoms with van der Waals surface area (Å²) in [6.07, 6.45) is 5.20. The molecule has 8 nitrogen and oxygen atoms in total. The van der Waals surface area contributed by atoms with Gasteiger partial charge in [0.05, 0.1) is 11.9 Å². The standard InChI is InChI=1S/C24H25ClF2N6O2S2/c1-3-8-37(34,35)31-16-10-19-20(15-11-29-33(12-15)24(26)27)21(17-5-4-14(2)9-18(17)25)30-22(32(19)13-16)23-28-6-7-36-23/h4-7,9,11-12,16,21,24,31H,3,8,10,13H2,1-2H3/t16-,21-/m0/s1. The van der Waals surface area contributed by atoms with Crippen molar-refractivity contribution in [3.63, 3.8) is 0 Å². The molecule has 3 aromatic rings. The number of aliphatic imine (C=N–C) groups is 1. The Bertz CT molecular complexity index is 1470. The summed E-state index contributed by atoms with van der Waals surface area (Å²) in [5.41, 5.74) is 3.60. The number of halogens is 3.